The third-order valence-electron chi connectivity index (χ3n) is 3.73. The minimum absolute atomic E-state index is 0. The maximum atomic E-state index is 5.29. The van der Waals surface area contributed by atoms with Crippen LogP contribution in [-0.2, 0) is 0 Å². The van der Waals surface area contributed by atoms with Gasteiger partial charge in [0.1, 0.15) is 5.75 Å². The molecular weight excluding hydrogens is 308 g/mol. The minimum Gasteiger partial charge on any atom is -1.00 e. The van der Waals surface area contributed by atoms with E-state index in [9.17, 15) is 0 Å². The van der Waals surface area contributed by atoms with Crippen molar-refractivity contribution in [2.24, 2.45) is 0 Å². The monoisotopic (exact) mass is 327 g/mol. The highest BCUT2D eigenvalue weighted by Gasteiger charge is 2.08. The van der Waals surface area contributed by atoms with Gasteiger partial charge in [-0.25, -0.2) is 0 Å². The Hall–Kier alpha value is -2.26. The average molecular weight is 328 g/mol. The van der Waals surface area contributed by atoms with Crippen LogP contribution in [0.2, 0.25) is 0 Å². The van der Waals surface area contributed by atoms with Crippen molar-refractivity contribution in [3.8, 4) is 5.75 Å². The average Bonchev–Trinajstić information content (AvgIpc) is 2.49. The van der Waals surface area contributed by atoms with Gasteiger partial charge in [-0.3, -0.25) is 4.98 Å². The number of benzene rings is 2. The summed E-state index contributed by atoms with van der Waals surface area (Å²) in [7, 11) is 1.68. The highest BCUT2D eigenvalue weighted by atomic mass is 35.5. The molecule has 1 heterocycles. The number of nitrogens with one attached hydrogen (secondary N) is 1. The van der Waals surface area contributed by atoms with E-state index >= 15 is 0 Å². The highest BCUT2D eigenvalue weighted by molar-refractivity contribution is 5.95. The molecule has 0 unspecified atom stereocenters. The Morgan fingerprint density at radius 2 is 1.78 bits per heavy atom. The molecule has 120 valence electrons. The Balaban J connectivity index is 0.00000192. The summed E-state index contributed by atoms with van der Waals surface area (Å²) in [5.74, 6) is 0.840. The number of fused-ring (bicyclic) bond motifs is 1. The van der Waals surface area contributed by atoms with Crippen LogP contribution in [-0.4, -0.2) is 12.1 Å². The van der Waals surface area contributed by atoms with Crippen LogP contribution in [0.5, 0.6) is 5.75 Å². The zero-order valence-electron chi connectivity index (χ0n) is 13.8. The number of ether oxygens (including phenoxy) is 1. The summed E-state index contributed by atoms with van der Waals surface area (Å²) < 4.78 is 5.29. The SMILES string of the molecule is COc1cccc(Nc2cc(C)nc3c(C)cc(C)cc23)c1.[Cl-]. The van der Waals surface area contributed by atoms with Crippen molar-refractivity contribution < 1.29 is 17.1 Å². The largest absolute Gasteiger partial charge is 1.00 e. The first kappa shape index (κ1) is 17.1. The molecule has 0 bridgehead atoms. The number of hydrogen-bond donors (Lipinski definition) is 1. The Kier molecular flexibility index (Phi) is 5.12. The number of aromatic nitrogens is 1. The summed E-state index contributed by atoms with van der Waals surface area (Å²) in [5.41, 5.74) is 6.57. The molecule has 0 amide bonds. The number of aryl methyl sites for hydroxylation is 3. The lowest BCUT2D eigenvalue weighted by Crippen LogP contribution is -3.00. The van der Waals surface area contributed by atoms with Crippen LogP contribution in [0.25, 0.3) is 10.9 Å². The Labute approximate surface area is 143 Å². The summed E-state index contributed by atoms with van der Waals surface area (Å²) >= 11 is 0. The lowest BCUT2D eigenvalue weighted by atomic mass is 10.0. The third-order valence-corrected chi connectivity index (χ3v) is 3.73. The Morgan fingerprint density at radius 1 is 1.00 bits per heavy atom. The van der Waals surface area contributed by atoms with Crippen molar-refractivity contribution in [2.45, 2.75) is 20.8 Å². The smallest absolute Gasteiger partial charge is 0.120 e. The first-order valence-corrected chi connectivity index (χ1v) is 7.36. The molecule has 23 heavy (non-hydrogen) atoms. The molecular formula is C19H20ClN2O-. The molecule has 2 aromatic carbocycles. The van der Waals surface area contributed by atoms with Crippen LogP contribution >= 0.6 is 0 Å². The first-order valence-electron chi connectivity index (χ1n) is 7.36. The summed E-state index contributed by atoms with van der Waals surface area (Å²) in [5, 5.41) is 4.64. The molecule has 3 rings (SSSR count). The van der Waals surface area contributed by atoms with Gasteiger partial charge in [-0.2, -0.15) is 0 Å². The van der Waals surface area contributed by atoms with E-state index in [4.69, 9.17) is 4.74 Å². The van der Waals surface area contributed by atoms with Gasteiger partial charge in [0.25, 0.3) is 0 Å². The van der Waals surface area contributed by atoms with Gasteiger partial charge in [0, 0.05) is 28.5 Å². The van der Waals surface area contributed by atoms with Gasteiger partial charge >= 0.3 is 0 Å². The van der Waals surface area contributed by atoms with E-state index in [0.717, 1.165) is 33.7 Å². The number of rotatable bonds is 3. The molecule has 0 aliphatic rings. The molecule has 0 spiro atoms. The van der Waals surface area contributed by atoms with Crippen molar-refractivity contribution in [1.29, 1.82) is 0 Å². The minimum atomic E-state index is 0. The van der Waals surface area contributed by atoms with Crippen molar-refractivity contribution >= 4 is 22.3 Å². The molecule has 0 aliphatic heterocycles. The highest BCUT2D eigenvalue weighted by Crippen LogP contribution is 2.30. The maximum absolute atomic E-state index is 5.29. The molecule has 1 N–H and O–H groups in total. The number of methoxy groups -OCH3 is 1. The Morgan fingerprint density at radius 3 is 2.52 bits per heavy atom. The number of hydrogen-bond acceptors (Lipinski definition) is 3. The van der Waals surface area contributed by atoms with Crippen LogP contribution in [0.3, 0.4) is 0 Å². The second kappa shape index (κ2) is 6.88. The van der Waals surface area contributed by atoms with Gasteiger partial charge in [-0.05, 0) is 50.6 Å². The van der Waals surface area contributed by atoms with E-state index in [2.05, 4.69) is 42.3 Å². The normalized spacial score (nSPS) is 10.3. The zero-order valence-corrected chi connectivity index (χ0v) is 14.5. The summed E-state index contributed by atoms with van der Waals surface area (Å²) in [6.45, 7) is 6.24. The molecule has 3 nitrogen and oxygen atoms in total. The maximum Gasteiger partial charge on any atom is 0.120 e. The van der Waals surface area contributed by atoms with Crippen molar-refractivity contribution in [2.75, 3.05) is 12.4 Å². The van der Waals surface area contributed by atoms with Gasteiger partial charge in [0.15, 0.2) is 0 Å². The molecule has 1 aromatic heterocycles. The summed E-state index contributed by atoms with van der Waals surface area (Å²) in [6, 6.07) is 14.4. The first-order chi connectivity index (χ1) is 10.6. The van der Waals surface area contributed by atoms with E-state index in [1.165, 1.54) is 11.1 Å². The fourth-order valence-corrected chi connectivity index (χ4v) is 2.77. The molecule has 3 aromatic rings. The van der Waals surface area contributed by atoms with Crippen LogP contribution < -0.4 is 22.5 Å². The van der Waals surface area contributed by atoms with E-state index in [-0.39, 0.29) is 12.4 Å². The number of nitrogens with zero attached hydrogens (tertiary/aromatic N) is 1. The quantitative estimate of drug-likeness (QED) is 0.798. The predicted molar refractivity (Wildman–Crippen MR) is 92.2 cm³/mol. The Bertz CT molecular complexity index is 846. The van der Waals surface area contributed by atoms with Gasteiger partial charge in [0.05, 0.1) is 12.6 Å². The summed E-state index contributed by atoms with van der Waals surface area (Å²) in [4.78, 5) is 4.69. The number of halogens is 1. The standard InChI is InChI=1S/C19H20N2O.ClH/c1-12-8-13(2)19-17(9-12)18(10-14(3)20-19)21-15-6-5-7-16(11-15)22-4;/h5-11H,1-4H3,(H,20,21);1H/p-1. The van der Waals surface area contributed by atoms with Crippen molar-refractivity contribution in [3.63, 3.8) is 0 Å². The van der Waals surface area contributed by atoms with Gasteiger partial charge < -0.3 is 22.5 Å². The zero-order chi connectivity index (χ0) is 15.7. The van der Waals surface area contributed by atoms with Gasteiger partial charge in [0.2, 0.25) is 0 Å². The van der Waals surface area contributed by atoms with Gasteiger partial charge in [-0.15, -0.1) is 0 Å². The molecule has 0 radical (unpaired) electrons. The van der Waals surface area contributed by atoms with Crippen LogP contribution in [0.4, 0.5) is 11.4 Å². The molecule has 0 saturated heterocycles. The van der Waals surface area contributed by atoms with Crippen molar-refractivity contribution in [3.05, 3.63) is 59.3 Å². The van der Waals surface area contributed by atoms with Crippen LogP contribution in [0.1, 0.15) is 16.8 Å². The fourth-order valence-electron chi connectivity index (χ4n) is 2.77. The second-order valence-electron chi connectivity index (χ2n) is 5.65. The molecule has 0 atom stereocenters. The fraction of sp³-hybridized carbons (Fsp3) is 0.211. The molecule has 4 heteroatoms. The van der Waals surface area contributed by atoms with Crippen LogP contribution in [0, 0.1) is 20.8 Å². The lowest BCUT2D eigenvalue weighted by molar-refractivity contribution is -0.00000501. The van der Waals surface area contributed by atoms with Crippen LogP contribution in [0.15, 0.2) is 42.5 Å². The van der Waals surface area contributed by atoms with E-state index in [1.807, 2.05) is 31.2 Å². The lowest BCUT2D eigenvalue weighted by Gasteiger charge is -2.13. The molecule has 0 aliphatic carbocycles. The summed E-state index contributed by atoms with van der Waals surface area (Å²) in [6.07, 6.45) is 0. The second-order valence-corrected chi connectivity index (χ2v) is 5.65. The van der Waals surface area contributed by atoms with Crippen molar-refractivity contribution in [1.82, 2.24) is 4.98 Å². The van der Waals surface area contributed by atoms with E-state index in [0.29, 0.717) is 0 Å². The van der Waals surface area contributed by atoms with Gasteiger partial charge in [-0.1, -0.05) is 17.7 Å². The van der Waals surface area contributed by atoms with E-state index in [1.54, 1.807) is 7.11 Å². The number of pyridine rings is 1. The topological polar surface area (TPSA) is 34.1 Å². The number of anilines is 2. The predicted octanol–water partition coefficient (Wildman–Crippen LogP) is 1.92. The third kappa shape index (κ3) is 3.57. The molecule has 0 fully saturated rings. The van der Waals surface area contributed by atoms with E-state index < -0.39 is 0 Å². The molecule has 0 saturated carbocycles.